The smallest absolute Gasteiger partial charge is 0.122 e. The summed E-state index contributed by atoms with van der Waals surface area (Å²) in [6, 6.07) is 5.63. The minimum absolute atomic E-state index is 0.310. The fourth-order valence-corrected chi connectivity index (χ4v) is 2.00. The van der Waals surface area contributed by atoms with Gasteiger partial charge in [0.1, 0.15) is 5.75 Å². The number of hydrogen-bond donors (Lipinski definition) is 0. The third-order valence-electron chi connectivity index (χ3n) is 2.31. The Hall–Kier alpha value is -0.400. The van der Waals surface area contributed by atoms with Gasteiger partial charge in [0, 0.05) is 16.8 Å². The Morgan fingerprint density at radius 2 is 2.14 bits per heavy atom. The molecule has 0 radical (unpaired) electrons. The SMILES string of the molecule is CCC(CCl)c1cc(Cl)ccc1OC. The molecule has 0 N–H and O–H groups in total. The van der Waals surface area contributed by atoms with Crippen LogP contribution in [0, 0.1) is 0 Å². The summed E-state index contributed by atoms with van der Waals surface area (Å²) in [6.07, 6.45) is 0.986. The number of halogens is 2. The molecular formula is C11H14Cl2O. The molecule has 0 aliphatic heterocycles. The van der Waals surface area contributed by atoms with Crippen LogP contribution in [0.4, 0.5) is 0 Å². The summed E-state index contributed by atoms with van der Waals surface area (Å²) >= 11 is 11.8. The van der Waals surface area contributed by atoms with Gasteiger partial charge in [0.25, 0.3) is 0 Å². The molecule has 1 aromatic rings. The van der Waals surface area contributed by atoms with Crippen LogP contribution < -0.4 is 4.74 Å². The second-order valence-electron chi connectivity index (χ2n) is 3.15. The summed E-state index contributed by atoms with van der Waals surface area (Å²) in [7, 11) is 1.66. The molecular weight excluding hydrogens is 219 g/mol. The first-order valence-electron chi connectivity index (χ1n) is 4.62. The lowest BCUT2D eigenvalue weighted by Crippen LogP contribution is -2.01. The summed E-state index contributed by atoms with van der Waals surface area (Å²) in [5.41, 5.74) is 1.09. The number of benzene rings is 1. The van der Waals surface area contributed by atoms with Crippen molar-refractivity contribution in [1.29, 1.82) is 0 Å². The number of alkyl halides is 1. The molecule has 0 saturated carbocycles. The summed E-state index contributed by atoms with van der Waals surface area (Å²) in [5.74, 6) is 1.76. The highest BCUT2D eigenvalue weighted by Crippen LogP contribution is 2.32. The Kier molecular flexibility index (Phi) is 4.56. The maximum atomic E-state index is 5.93. The maximum absolute atomic E-state index is 5.93. The van der Waals surface area contributed by atoms with Crippen LogP contribution in [0.3, 0.4) is 0 Å². The standard InChI is InChI=1S/C11H14Cl2O/c1-3-8(7-12)10-6-9(13)4-5-11(10)14-2/h4-6,8H,3,7H2,1-2H3. The molecule has 1 nitrogen and oxygen atoms in total. The Labute approximate surface area is 95.0 Å². The maximum Gasteiger partial charge on any atom is 0.122 e. The van der Waals surface area contributed by atoms with Gasteiger partial charge in [-0.05, 0) is 30.2 Å². The Morgan fingerprint density at radius 1 is 1.43 bits per heavy atom. The first-order valence-corrected chi connectivity index (χ1v) is 5.53. The van der Waals surface area contributed by atoms with Gasteiger partial charge in [-0.2, -0.15) is 0 Å². The van der Waals surface area contributed by atoms with E-state index in [-0.39, 0.29) is 0 Å². The molecule has 1 rings (SSSR count). The molecule has 0 aromatic heterocycles. The van der Waals surface area contributed by atoms with E-state index in [4.69, 9.17) is 27.9 Å². The molecule has 0 amide bonds. The topological polar surface area (TPSA) is 9.23 Å². The molecule has 0 aliphatic rings. The molecule has 1 atom stereocenters. The molecule has 0 bridgehead atoms. The van der Waals surface area contributed by atoms with Crippen LogP contribution in [0.1, 0.15) is 24.8 Å². The first kappa shape index (κ1) is 11.7. The predicted octanol–water partition coefficient (Wildman–Crippen LogP) is 4.08. The van der Waals surface area contributed by atoms with Crippen LogP contribution in [-0.4, -0.2) is 13.0 Å². The monoisotopic (exact) mass is 232 g/mol. The van der Waals surface area contributed by atoms with Gasteiger partial charge in [0.15, 0.2) is 0 Å². The van der Waals surface area contributed by atoms with E-state index in [0.29, 0.717) is 11.8 Å². The molecule has 0 heterocycles. The van der Waals surface area contributed by atoms with E-state index < -0.39 is 0 Å². The fourth-order valence-electron chi connectivity index (χ4n) is 1.44. The molecule has 0 saturated heterocycles. The summed E-state index contributed by atoms with van der Waals surface area (Å²) in [6.45, 7) is 2.10. The van der Waals surface area contributed by atoms with Crippen molar-refractivity contribution in [1.82, 2.24) is 0 Å². The zero-order chi connectivity index (χ0) is 10.6. The minimum atomic E-state index is 0.310. The lowest BCUT2D eigenvalue weighted by atomic mass is 9.97. The van der Waals surface area contributed by atoms with Crippen LogP contribution in [0.5, 0.6) is 5.75 Å². The van der Waals surface area contributed by atoms with E-state index in [1.807, 2.05) is 18.2 Å². The van der Waals surface area contributed by atoms with Crippen LogP contribution in [-0.2, 0) is 0 Å². The van der Waals surface area contributed by atoms with Crippen LogP contribution >= 0.6 is 23.2 Å². The normalized spacial score (nSPS) is 12.6. The molecule has 3 heteroatoms. The van der Waals surface area contributed by atoms with Gasteiger partial charge in [0.2, 0.25) is 0 Å². The molecule has 0 fully saturated rings. The Balaban J connectivity index is 3.08. The zero-order valence-electron chi connectivity index (χ0n) is 8.39. The van der Waals surface area contributed by atoms with Gasteiger partial charge in [-0.3, -0.25) is 0 Å². The molecule has 78 valence electrons. The minimum Gasteiger partial charge on any atom is -0.496 e. The van der Waals surface area contributed by atoms with Crippen molar-refractivity contribution in [2.45, 2.75) is 19.3 Å². The number of hydrogen-bond acceptors (Lipinski definition) is 1. The number of methoxy groups -OCH3 is 1. The molecule has 1 unspecified atom stereocenters. The van der Waals surface area contributed by atoms with Gasteiger partial charge >= 0.3 is 0 Å². The second-order valence-corrected chi connectivity index (χ2v) is 3.89. The van der Waals surface area contributed by atoms with Gasteiger partial charge in [-0.1, -0.05) is 18.5 Å². The highest BCUT2D eigenvalue weighted by atomic mass is 35.5. The van der Waals surface area contributed by atoms with Crippen molar-refractivity contribution in [2.75, 3.05) is 13.0 Å². The highest BCUT2D eigenvalue weighted by Gasteiger charge is 2.13. The Bertz CT molecular complexity index is 295. The van der Waals surface area contributed by atoms with Gasteiger partial charge < -0.3 is 4.74 Å². The highest BCUT2D eigenvalue weighted by molar-refractivity contribution is 6.30. The van der Waals surface area contributed by atoms with Crippen LogP contribution in [0.15, 0.2) is 18.2 Å². The van der Waals surface area contributed by atoms with Gasteiger partial charge in [-0.25, -0.2) is 0 Å². The quantitative estimate of drug-likeness (QED) is 0.712. The first-order chi connectivity index (χ1) is 6.72. The van der Waals surface area contributed by atoms with Crippen molar-refractivity contribution < 1.29 is 4.74 Å². The third kappa shape index (κ3) is 2.55. The lowest BCUT2D eigenvalue weighted by Gasteiger charge is -2.15. The van der Waals surface area contributed by atoms with Crippen molar-refractivity contribution in [3.8, 4) is 5.75 Å². The zero-order valence-corrected chi connectivity index (χ0v) is 9.90. The van der Waals surface area contributed by atoms with Crippen molar-refractivity contribution in [3.05, 3.63) is 28.8 Å². The van der Waals surface area contributed by atoms with E-state index in [9.17, 15) is 0 Å². The van der Waals surface area contributed by atoms with Crippen molar-refractivity contribution in [3.63, 3.8) is 0 Å². The second kappa shape index (κ2) is 5.47. The summed E-state index contributed by atoms with van der Waals surface area (Å²) in [4.78, 5) is 0. The van der Waals surface area contributed by atoms with E-state index in [1.165, 1.54) is 0 Å². The van der Waals surface area contributed by atoms with Crippen molar-refractivity contribution in [2.24, 2.45) is 0 Å². The average Bonchev–Trinajstić information content (AvgIpc) is 2.20. The Morgan fingerprint density at radius 3 is 2.64 bits per heavy atom. The lowest BCUT2D eigenvalue weighted by molar-refractivity contribution is 0.406. The molecule has 0 spiro atoms. The largest absolute Gasteiger partial charge is 0.496 e. The molecule has 14 heavy (non-hydrogen) atoms. The number of rotatable bonds is 4. The van der Waals surface area contributed by atoms with Crippen LogP contribution in [0.2, 0.25) is 5.02 Å². The van der Waals surface area contributed by atoms with Gasteiger partial charge in [-0.15, -0.1) is 11.6 Å². The molecule has 0 aliphatic carbocycles. The van der Waals surface area contributed by atoms with E-state index in [1.54, 1.807) is 7.11 Å². The van der Waals surface area contributed by atoms with Gasteiger partial charge in [0.05, 0.1) is 7.11 Å². The number of ether oxygens (including phenoxy) is 1. The summed E-state index contributed by atoms with van der Waals surface area (Å²) < 4.78 is 5.27. The molecule has 1 aromatic carbocycles. The van der Waals surface area contributed by atoms with Crippen LogP contribution in [0.25, 0.3) is 0 Å². The average molecular weight is 233 g/mol. The summed E-state index contributed by atoms with van der Waals surface area (Å²) in [5, 5.41) is 0.726. The van der Waals surface area contributed by atoms with E-state index in [0.717, 1.165) is 22.8 Å². The predicted molar refractivity (Wildman–Crippen MR) is 61.8 cm³/mol. The van der Waals surface area contributed by atoms with E-state index >= 15 is 0 Å². The third-order valence-corrected chi connectivity index (χ3v) is 2.92. The van der Waals surface area contributed by atoms with E-state index in [2.05, 4.69) is 6.92 Å². The fraction of sp³-hybridized carbons (Fsp3) is 0.455. The van der Waals surface area contributed by atoms with Crippen molar-refractivity contribution >= 4 is 23.2 Å².